The molecule has 0 saturated carbocycles. The van der Waals surface area contributed by atoms with Gasteiger partial charge in [0.15, 0.2) is 6.29 Å². The topological polar surface area (TPSA) is 85.2 Å². The number of hydrogen-bond acceptors (Lipinski definition) is 5. The van der Waals surface area contributed by atoms with Crippen LogP contribution in [0.2, 0.25) is 5.02 Å². The smallest absolute Gasteiger partial charge is 0.303 e. The second-order valence-electron chi connectivity index (χ2n) is 7.96. The lowest BCUT2D eigenvalue weighted by atomic mass is 9.91. The zero-order valence-corrected chi connectivity index (χ0v) is 19.2. The van der Waals surface area contributed by atoms with Gasteiger partial charge in [-0.3, -0.25) is 4.79 Å². The van der Waals surface area contributed by atoms with Crippen molar-refractivity contribution in [3.05, 3.63) is 82.6 Å². The summed E-state index contributed by atoms with van der Waals surface area (Å²) in [7, 11) is 0. The first-order valence-corrected chi connectivity index (χ1v) is 11.5. The van der Waals surface area contributed by atoms with Crippen molar-refractivity contribution in [3.63, 3.8) is 0 Å². The monoisotopic (exact) mass is 490 g/mol. The van der Waals surface area contributed by atoms with Gasteiger partial charge in [-0.2, -0.15) is 0 Å². The first-order valence-electron chi connectivity index (χ1n) is 10.7. The fourth-order valence-electron chi connectivity index (χ4n) is 3.97. The molecule has 4 atom stereocenters. The second-order valence-corrected chi connectivity index (χ2v) is 8.83. The number of fused-ring (bicyclic) bond motifs is 1. The lowest BCUT2D eigenvalue weighted by molar-refractivity contribution is -0.222. The van der Waals surface area contributed by atoms with E-state index < -0.39 is 23.7 Å². The van der Waals surface area contributed by atoms with E-state index in [9.17, 15) is 9.90 Å². The zero-order valence-electron chi connectivity index (χ0n) is 17.7. The van der Waals surface area contributed by atoms with E-state index in [1.807, 2.05) is 24.3 Å². The molecule has 1 saturated heterocycles. The highest BCUT2D eigenvalue weighted by molar-refractivity contribution is 6.31. The fraction of sp³-hybridized carbons (Fsp3) is 0.320. The van der Waals surface area contributed by atoms with Crippen LogP contribution >= 0.6 is 23.2 Å². The molecule has 0 aromatic heterocycles. The van der Waals surface area contributed by atoms with E-state index in [0.717, 1.165) is 5.56 Å². The summed E-state index contributed by atoms with van der Waals surface area (Å²) in [6, 6.07) is 12.3. The van der Waals surface area contributed by atoms with Crippen molar-refractivity contribution in [1.29, 1.82) is 0 Å². The summed E-state index contributed by atoms with van der Waals surface area (Å²) in [4.78, 5) is 10.7. The number of aromatic hydroxyl groups is 1. The van der Waals surface area contributed by atoms with Gasteiger partial charge in [0.2, 0.25) is 0 Å². The van der Waals surface area contributed by atoms with E-state index in [1.165, 1.54) is 0 Å². The van der Waals surface area contributed by atoms with Gasteiger partial charge in [0.05, 0.1) is 24.4 Å². The summed E-state index contributed by atoms with van der Waals surface area (Å²) in [6.45, 7) is 0.357. The third-order valence-electron chi connectivity index (χ3n) is 5.67. The van der Waals surface area contributed by atoms with Crippen LogP contribution in [0.15, 0.2) is 66.5 Å². The van der Waals surface area contributed by atoms with Crippen LogP contribution in [0.5, 0.6) is 11.5 Å². The van der Waals surface area contributed by atoms with Gasteiger partial charge in [-0.25, -0.2) is 0 Å². The van der Waals surface area contributed by atoms with Crippen LogP contribution in [0.3, 0.4) is 0 Å². The average molecular weight is 491 g/mol. The molecule has 0 radical (unpaired) electrons. The Balaban J connectivity index is 1.53. The first-order chi connectivity index (χ1) is 15.9. The third-order valence-corrected chi connectivity index (χ3v) is 6.39. The number of carbonyl (C=O) groups is 1. The van der Waals surface area contributed by atoms with Crippen molar-refractivity contribution in [3.8, 4) is 11.5 Å². The molecule has 0 amide bonds. The highest BCUT2D eigenvalue weighted by atomic mass is 35.5. The number of aliphatic carboxylic acids is 1. The van der Waals surface area contributed by atoms with Crippen LogP contribution in [0.1, 0.15) is 41.9 Å². The molecule has 33 heavy (non-hydrogen) atoms. The highest BCUT2D eigenvalue weighted by Crippen LogP contribution is 2.46. The van der Waals surface area contributed by atoms with Crippen LogP contribution in [0.25, 0.3) is 0 Å². The van der Waals surface area contributed by atoms with E-state index >= 15 is 0 Å². The minimum atomic E-state index is -0.833. The number of alkyl halides is 1. The van der Waals surface area contributed by atoms with Gasteiger partial charge in [-0.05, 0) is 37.1 Å². The summed E-state index contributed by atoms with van der Waals surface area (Å²) in [5, 5.41) is 19.3. The number of carboxylic acids is 1. The third kappa shape index (κ3) is 5.53. The molecule has 2 aromatic carbocycles. The van der Waals surface area contributed by atoms with Crippen LogP contribution in [0.4, 0.5) is 0 Å². The Bertz CT molecular complexity index is 1070. The maximum absolute atomic E-state index is 10.7. The number of para-hydroxylation sites is 1. The molecule has 2 heterocycles. The fourth-order valence-corrected chi connectivity index (χ4v) is 4.48. The van der Waals surface area contributed by atoms with Gasteiger partial charge in [-0.15, -0.1) is 11.6 Å². The molecule has 8 heteroatoms. The number of rotatable bonds is 7. The zero-order chi connectivity index (χ0) is 23.4. The normalized spacial score (nSPS) is 24.7. The summed E-state index contributed by atoms with van der Waals surface area (Å²) < 4.78 is 18.1. The van der Waals surface area contributed by atoms with Crippen LogP contribution in [0, 0.1) is 5.92 Å². The second kappa shape index (κ2) is 10.6. The number of hydrogen-bond donors (Lipinski definition) is 2. The predicted octanol–water partition coefficient (Wildman–Crippen LogP) is 6.14. The molecule has 4 rings (SSSR count). The number of ether oxygens (including phenoxy) is 3. The number of carboxylic acid groups (broad SMARTS) is 1. The Morgan fingerprint density at radius 1 is 1.15 bits per heavy atom. The van der Waals surface area contributed by atoms with Gasteiger partial charge in [0, 0.05) is 34.1 Å². The number of phenols is 1. The van der Waals surface area contributed by atoms with Crippen molar-refractivity contribution < 1.29 is 29.2 Å². The van der Waals surface area contributed by atoms with Gasteiger partial charge in [0.1, 0.15) is 11.5 Å². The van der Waals surface area contributed by atoms with Crippen molar-refractivity contribution in [2.45, 2.75) is 37.0 Å². The number of phenolic OH excluding ortho intramolecular Hbond substituents is 1. The van der Waals surface area contributed by atoms with Crippen LogP contribution in [-0.4, -0.2) is 29.1 Å². The predicted molar refractivity (Wildman–Crippen MR) is 125 cm³/mol. The average Bonchev–Trinajstić information content (AvgIpc) is 2.80. The molecule has 2 N–H and O–H groups in total. The first kappa shape index (κ1) is 23.6. The molecule has 2 aliphatic rings. The maximum atomic E-state index is 10.7. The Kier molecular flexibility index (Phi) is 7.60. The Morgan fingerprint density at radius 2 is 1.97 bits per heavy atom. The lowest BCUT2D eigenvalue weighted by Gasteiger charge is -2.39. The van der Waals surface area contributed by atoms with E-state index in [-0.39, 0.29) is 18.1 Å². The molecule has 0 aliphatic carbocycles. The summed E-state index contributed by atoms with van der Waals surface area (Å²) in [5.41, 5.74) is 2.00. The molecule has 1 unspecified atom stereocenters. The Morgan fingerprint density at radius 3 is 2.76 bits per heavy atom. The number of allylic oxidation sites excluding steroid dienone is 2. The van der Waals surface area contributed by atoms with E-state index in [0.29, 0.717) is 41.4 Å². The van der Waals surface area contributed by atoms with E-state index in [2.05, 4.69) is 0 Å². The van der Waals surface area contributed by atoms with Crippen molar-refractivity contribution in [2.75, 3.05) is 6.61 Å². The van der Waals surface area contributed by atoms with Gasteiger partial charge < -0.3 is 24.4 Å². The van der Waals surface area contributed by atoms with E-state index in [4.69, 9.17) is 42.5 Å². The molecule has 1 fully saturated rings. The largest absolute Gasteiger partial charge is 0.508 e. The molecule has 0 spiro atoms. The van der Waals surface area contributed by atoms with Crippen molar-refractivity contribution in [2.24, 2.45) is 5.92 Å². The van der Waals surface area contributed by atoms with Crippen LogP contribution < -0.4 is 4.74 Å². The lowest BCUT2D eigenvalue weighted by Crippen LogP contribution is -2.37. The van der Waals surface area contributed by atoms with Gasteiger partial charge in [-0.1, -0.05) is 42.0 Å². The number of benzene rings is 2. The minimum absolute atomic E-state index is 0.0793. The van der Waals surface area contributed by atoms with Gasteiger partial charge in [0.25, 0.3) is 0 Å². The molecule has 0 bridgehead atoms. The minimum Gasteiger partial charge on any atom is -0.508 e. The summed E-state index contributed by atoms with van der Waals surface area (Å²) >= 11 is 12.9. The standard InChI is InChI=1S/C25H24Cl2O6/c26-16-10-11-21-18(12-16)23(27)19(14-31-21)25-32-13-15(6-2-1-3-9-22(29)30)24(33-25)17-7-4-5-8-20(17)28/h1-2,4-5,7-8,10-12,14-15,23-25,28H,3,6,9,13H2,(H,29,30)/b2-1-/t15-,23?,24+,25+/m1/s1. The molecule has 2 aliphatic heterocycles. The molecule has 2 aromatic rings. The van der Waals surface area contributed by atoms with Crippen molar-refractivity contribution >= 4 is 29.2 Å². The molecular formula is C25H24Cl2O6. The maximum Gasteiger partial charge on any atom is 0.303 e. The van der Waals surface area contributed by atoms with E-state index in [1.54, 1.807) is 36.6 Å². The van der Waals surface area contributed by atoms with Crippen LogP contribution in [-0.2, 0) is 14.3 Å². The van der Waals surface area contributed by atoms with Crippen molar-refractivity contribution in [1.82, 2.24) is 0 Å². The summed E-state index contributed by atoms with van der Waals surface area (Å²) in [5.74, 6) is -0.159. The number of halogens is 2. The SMILES string of the molecule is O=C(O)CC/C=C\C[C@@H]1CO[C@H](C2=COc3ccc(Cl)cc3C2Cl)O[C@@H]1c1ccccc1O. The molecule has 174 valence electrons. The molecular weight excluding hydrogens is 467 g/mol. The summed E-state index contributed by atoms with van der Waals surface area (Å²) in [6.07, 6.45) is 5.23. The highest BCUT2D eigenvalue weighted by Gasteiger charge is 2.39. The quantitative estimate of drug-likeness (QED) is 0.357. The molecule has 6 nitrogen and oxygen atoms in total. The Hall–Kier alpha value is -2.51. The Labute approximate surface area is 202 Å². The van der Waals surface area contributed by atoms with Gasteiger partial charge >= 0.3 is 5.97 Å².